The number of hydrogen-bond acceptors (Lipinski definition) is 1. The lowest BCUT2D eigenvalue weighted by molar-refractivity contribution is -0.137. The summed E-state index contributed by atoms with van der Waals surface area (Å²) < 4.78 is 50.9. The number of carbonyl (C=O) groups excluding carboxylic acids is 1. The zero-order valence-electron chi connectivity index (χ0n) is 10.5. The average Bonchev–Trinajstić information content (AvgIpc) is 2.41. The van der Waals surface area contributed by atoms with Crippen molar-refractivity contribution in [2.75, 3.05) is 10.6 Å². The summed E-state index contributed by atoms with van der Waals surface area (Å²) in [6, 6.07) is 8.77. The van der Waals surface area contributed by atoms with Gasteiger partial charge in [-0.25, -0.2) is 9.18 Å². The first-order valence-corrected chi connectivity index (χ1v) is 5.86. The van der Waals surface area contributed by atoms with Crippen molar-refractivity contribution in [2.45, 2.75) is 6.18 Å². The lowest BCUT2D eigenvalue weighted by Crippen LogP contribution is -2.20. The first-order chi connectivity index (χ1) is 9.86. The fourth-order valence-corrected chi connectivity index (χ4v) is 1.62. The smallest absolute Gasteiger partial charge is 0.308 e. The lowest BCUT2D eigenvalue weighted by Gasteiger charge is -2.11. The van der Waals surface area contributed by atoms with E-state index in [-0.39, 0.29) is 11.4 Å². The second kappa shape index (κ2) is 5.82. The Morgan fingerprint density at radius 3 is 2.33 bits per heavy atom. The topological polar surface area (TPSA) is 41.1 Å². The quantitative estimate of drug-likeness (QED) is 0.788. The number of hydrogen-bond donors (Lipinski definition) is 2. The summed E-state index contributed by atoms with van der Waals surface area (Å²) in [4.78, 5) is 11.6. The molecule has 2 rings (SSSR count). The largest absolute Gasteiger partial charge is 0.416 e. The molecule has 3 nitrogen and oxygen atoms in total. The monoisotopic (exact) mass is 298 g/mol. The lowest BCUT2D eigenvalue weighted by atomic mass is 10.2. The van der Waals surface area contributed by atoms with Crippen LogP contribution in [0.4, 0.5) is 33.7 Å². The number of carbonyl (C=O) groups is 1. The highest BCUT2D eigenvalue weighted by molar-refractivity contribution is 5.99. The normalized spacial score (nSPS) is 11.0. The van der Waals surface area contributed by atoms with E-state index in [4.69, 9.17) is 0 Å². The van der Waals surface area contributed by atoms with Gasteiger partial charge in [-0.05, 0) is 30.3 Å². The molecule has 0 aromatic heterocycles. The maximum atomic E-state index is 13.3. The summed E-state index contributed by atoms with van der Waals surface area (Å²) >= 11 is 0. The third-order valence-corrected chi connectivity index (χ3v) is 2.57. The van der Waals surface area contributed by atoms with Crippen molar-refractivity contribution in [1.82, 2.24) is 0 Å². The Hall–Kier alpha value is -2.57. The van der Waals surface area contributed by atoms with Crippen molar-refractivity contribution in [1.29, 1.82) is 0 Å². The first-order valence-electron chi connectivity index (χ1n) is 5.86. The molecule has 0 aliphatic rings. The number of alkyl halides is 3. The number of urea groups is 1. The maximum Gasteiger partial charge on any atom is 0.416 e. The van der Waals surface area contributed by atoms with E-state index in [2.05, 4.69) is 10.6 Å². The van der Waals surface area contributed by atoms with Crippen LogP contribution in [0, 0.1) is 5.82 Å². The second-order valence-electron chi connectivity index (χ2n) is 4.14. The van der Waals surface area contributed by atoms with Gasteiger partial charge in [0.2, 0.25) is 0 Å². The first kappa shape index (κ1) is 14.8. The number of anilines is 2. The number of halogens is 4. The van der Waals surface area contributed by atoms with Crippen molar-refractivity contribution >= 4 is 17.4 Å². The molecular formula is C14H10F4N2O. The third-order valence-electron chi connectivity index (χ3n) is 2.57. The maximum absolute atomic E-state index is 13.3. The van der Waals surface area contributed by atoms with Crippen LogP contribution in [0.15, 0.2) is 48.5 Å². The molecule has 0 bridgehead atoms. The molecule has 0 radical (unpaired) electrons. The zero-order chi connectivity index (χ0) is 15.5. The molecule has 0 spiro atoms. The summed E-state index contributed by atoms with van der Waals surface area (Å²) in [5.74, 6) is -0.642. The SMILES string of the molecule is O=C(Nc1cccc(C(F)(F)F)c1)Nc1ccccc1F. The van der Waals surface area contributed by atoms with Crippen molar-refractivity contribution in [2.24, 2.45) is 0 Å². The van der Waals surface area contributed by atoms with Gasteiger partial charge < -0.3 is 10.6 Å². The highest BCUT2D eigenvalue weighted by Crippen LogP contribution is 2.30. The van der Waals surface area contributed by atoms with Crippen LogP contribution < -0.4 is 10.6 Å². The number of benzene rings is 2. The molecule has 0 fully saturated rings. The molecule has 7 heteroatoms. The predicted molar refractivity (Wildman–Crippen MR) is 70.5 cm³/mol. The fraction of sp³-hybridized carbons (Fsp3) is 0.0714. The number of nitrogens with one attached hydrogen (secondary N) is 2. The van der Waals surface area contributed by atoms with Crippen LogP contribution >= 0.6 is 0 Å². The molecule has 2 aromatic rings. The fourth-order valence-electron chi connectivity index (χ4n) is 1.62. The molecular weight excluding hydrogens is 288 g/mol. The van der Waals surface area contributed by atoms with Crippen LogP contribution in [-0.4, -0.2) is 6.03 Å². The molecule has 2 amide bonds. The third kappa shape index (κ3) is 3.95. The van der Waals surface area contributed by atoms with Crippen LogP contribution in [-0.2, 0) is 6.18 Å². The van der Waals surface area contributed by atoms with E-state index < -0.39 is 23.6 Å². The number of para-hydroxylation sites is 1. The van der Waals surface area contributed by atoms with E-state index in [1.165, 1.54) is 30.3 Å². The van der Waals surface area contributed by atoms with Crippen molar-refractivity contribution < 1.29 is 22.4 Å². The van der Waals surface area contributed by atoms with Crippen molar-refractivity contribution in [3.8, 4) is 0 Å². The summed E-state index contributed by atoms with van der Waals surface area (Å²) in [6.45, 7) is 0. The van der Waals surface area contributed by atoms with Crippen LogP contribution in [0.25, 0.3) is 0 Å². The van der Waals surface area contributed by atoms with Gasteiger partial charge >= 0.3 is 12.2 Å². The average molecular weight is 298 g/mol. The van der Waals surface area contributed by atoms with Gasteiger partial charge in [0.1, 0.15) is 5.82 Å². The van der Waals surface area contributed by atoms with Gasteiger partial charge in [-0.1, -0.05) is 18.2 Å². The Morgan fingerprint density at radius 2 is 1.67 bits per heavy atom. The van der Waals surface area contributed by atoms with Crippen LogP contribution in [0.2, 0.25) is 0 Å². The Bertz CT molecular complexity index is 655. The van der Waals surface area contributed by atoms with Gasteiger partial charge in [-0.15, -0.1) is 0 Å². The van der Waals surface area contributed by atoms with Crippen LogP contribution in [0.1, 0.15) is 5.56 Å². The molecule has 21 heavy (non-hydrogen) atoms. The van der Waals surface area contributed by atoms with Gasteiger partial charge in [0.15, 0.2) is 0 Å². The van der Waals surface area contributed by atoms with Gasteiger partial charge in [-0.3, -0.25) is 0 Å². The van der Waals surface area contributed by atoms with E-state index in [9.17, 15) is 22.4 Å². The molecule has 0 saturated carbocycles. The van der Waals surface area contributed by atoms with E-state index >= 15 is 0 Å². The molecule has 110 valence electrons. The summed E-state index contributed by atoms with van der Waals surface area (Å²) in [6.07, 6.45) is -4.50. The van der Waals surface area contributed by atoms with Gasteiger partial charge in [-0.2, -0.15) is 13.2 Å². The Labute approximate surface area is 117 Å². The summed E-state index contributed by atoms with van der Waals surface area (Å²) in [5, 5.41) is 4.42. The predicted octanol–water partition coefficient (Wildman–Crippen LogP) is 4.49. The molecule has 0 heterocycles. The minimum Gasteiger partial charge on any atom is -0.308 e. The molecule has 0 aliphatic carbocycles. The highest BCUT2D eigenvalue weighted by Gasteiger charge is 2.30. The van der Waals surface area contributed by atoms with E-state index in [0.717, 1.165) is 18.2 Å². The summed E-state index contributed by atoms with van der Waals surface area (Å²) in [7, 11) is 0. The molecule has 2 N–H and O–H groups in total. The minimum absolute atomic E-state index is 0.0429. The Kier molecular flexibility index (Phi) is 4.11. The van der Waals surface area contributed by atoms with E-state index in [1.54, 1.807) is 0 Å². The van der Waals surface area contributed by atoms with Gasteiger partial charge in [0, 0.05) is 5.69 Å². The molecule has 2 aromatic carbocycles. The Balaban J connectivity index is 2.08. The number of amides is 2. The van der Waals surface area contributed by atoms with Crippen LogP contribution in [0.3, 0.4) is 0 Å². The second-order valence-corrected chi connectivity index (χ2v) is 4.14. The van der Waals surface area contributed by atoms with Gasteiger partial charge in [0.25, 0.3) is 0 Å². The number of rotatable bonds is 2. The molecule has 0 aliphatic heterocycles. The zero-order valence-corrected chi connectivity index (χ0v) is 10.5. The summed E-state index contributed by atoms with van der Waals surface area (Å²) in [5.41, 5.74) is -0.994. The molecule has 0 unspecified atom stereocenters. The van der Waals surface area contributed by atoms with E-state index in [0.29, 0.717) is 0 Å². The Morgan fingerprint density at radius 1 is 0.952 bits per heavy atom. The molecule has 0 saturated heterocycles. The van der Waals surface area contributed by atoms with Crippen molar-refractivity contribution in [3.63, 3.8) is 0 Å². The van der Waals surface area contributed by atoms with E-state index in [1.807, 2.05) is 0 Å². The van der Waals surface area contributed by atoms with Gasteiger partial charge in [0.05, 0.1) is 11.3 Å². The van der Waals surface area contributed by atoms with Crippen LogP contribution in [0.5, 0.6) is 0 Å². The standard InChI is InChI=1S/C14H10F4N2O/c15-11-6-1-2-7-12(11)20-13(21)19-10-5-3-4-9(8-10)14(16,17)18/h1-8H,(H2,19,20,21). The minimum atomic E-state index is -4.50. The highest BCUT2D eigenvalue weighted by atomic mass is 19.4. The van der Waals surface area contributed by atoms with Crippen molar-refractivity contribution in [3.05, 3.63) is 59.9 Å². The molecule has 0 atom stereocenters.